The van der Waals surface area contributed by atoms with Crippen molar-refractivity contribution in [2.45, 2.75) is 24.7 Å². The number of sulfonamides is 1. The Morgan fingerprint density at radius 1 is 1.03 bits per heavy atom. The molecule has 0 N–H and O–H groups in total. The van der Waals surface area contributed by atoms with E-state index >= 15 is 0 Å². The first kappa shape index (κ1) is 18.3. The number of benzene rings is 1. The fourth-order valence-electron chi connectivity index (χ4n) is 3.89. The van der Waals surface area contributed by atoms with Crippen molar-refractivity contribution >= 4 is 21.5 Å². The van der Waals surface area contributed by atoms with E-state index in [1.54, 1.807) is 27.0 Å². The Morgan fingerprint density at radius 2 is 1.93 bits per heavy atom. The van der Waals surface area contributed by atoms with Crippen molar-refractivity contribution in [1.82, 2.24) is 24.1 Å². The second-order valence-corrected chi connectivity index (χ2v) is 9.26. The van der Waals surface area contributed by atoms with Gasteiger partial charge in [0.15, 0.2) is 11.5 Å². The van der Waals surface area contributed by atoms with Crippen molar-refractivity contribution in [2.24, 2.45) is 0 Å². The van der Waals surface area contributed by atoms with Gasteiger partial charge in [0.05, 0.1) is 11.5 Å². The zero-order chi connectivity index (χ0) is 20.0. The van der Waals surface area contributed by atoms with Gasteiger partial charge in [0.2, 0.25) is 10.0 Å². The molecule has 3 aromatic rings. The number of fused-ring (bicyclic) bond motifs is 2. The average molecular weight is 414 g/mol. The van der Waals surface area contributed by atoms with Crippen molar-refractivity contribution in [3.05, 3.63) is 41.7 Å². The highest BCUT2D eigenvalue weighted by molar-refractivity contribution is 7.89. The summed E-state index contributed by atoms with van der Waals surface area (Å²) < 4.78 is 35.2. The fourth-order valence-corrected chi connectivity index (χ4v) is 5.41. The maximum absolute atomic E-state index is 13.2. The predicted molar refractivity (Wildman–Crippen MR) is 107 cm³/mol. The third-order valence-corrected chi connectivity index (χ3v) is 7.38. The molecule has 0 radical (unpaired) electrons. The van der Waals surface area contributed by atoms with Crippen LogP contribution in [0.2, 0.25) is 0 Å². The molecule has 2 aromatic heterocycles. The molecule has 0 bridgehead atoms. The lowest BCUT2D eigenvalue weighted by atomic mass is 10.2. The van der Waals surface area contributed by atoms with Gasteiger partial charge in [-0.2, -0.15) is 8.82 Å². The smallest absolute Gasteiger partial charge is 0.243 e. The molecular formula is C19H22N6O3S. The molecule has 5 rings (SSSR count). The number of ether oxygens (including phenoxy) is 1. The van der Waals surface area contributed by atoms with Gasteiger partial charge in [-0.1, -0.05) is 0 Å². The molecule has 4 heterocycles. The number of aromatic nitrogens is 4. The van der Waals surface area contributed by atoms with Crippen LogP contribution in [-0.2, 0) is 16.4 Å². The zero-order valence-corrected chi connectivity index (χ0v) is 17.0. The maximum atomic E-state index is 13.2. The number of hydrogen-bond acceptors (Lipinski definition) is 7. The van der Waals surface area contributed by atoms with E-state index in [1.807, 2.05) is 19.1 Å². The van der Waals surface area contributed by atoms with Crippen molar-refractivity contribution in [3.63, 3.8) is 0 Å². The molecule has 0 amide bonds. The van der Waals surface area contributed by atoms with Crippen LogP contribution in [0.5, 0.6) is 5.75 Å². The normalized spacial score (nSPS) is 17.9. The molecule has 29 heavy (non-hydrogen) atoms. The number of nitrogens with zero attached hydrogens (tertiary/aromatic N) is 6. The van der Waals surface area contributed by atoms with Crippen LogP contribution < -0.4 is 9.64 Å². The summed E-state index contributed by atoms with van der Waals surface area (Å²) in [5, 5.41) is 12.7. The van der Waals surface area contributed by atoms with E-state index in [1.165, 1.54) is 0 Å². The van der Waals surface area contributed by atoms with Crippen LogP contribution in [0.1, 0.15) is 17.8 Å². The van der Waals surface area contributed by atoms with Crippen LogP contribution in [0.3, 0.4) is 0 Å². The minimum absolute atomic E-state index is 0.342. The first-order chi connectivity index (χ1) is 14.0. The highest BCUT2D eigenvalue weighted by atomic mass is 32.2. The second kappa shape index (κ2) is 6.96. The highest BCUT2D eigenvalue weighted by Crippen LogP contribution is 2.29. The number of hydrogen-bond donors (Lipinski definition) is 0. The molecule has 1 aromatic carbocycles. The Labute approximate surface area is 169 Å². The van der Waals surface area contributed by atoms with Gasteiger partial charge in [-0.3, -0.25) is 0 Å². The van der Waals surface area contributed by atoms with E-state index < -0.39 is 10.0 Å². The van der Waals surface area contributed by atoms with E-state index in [4.69, 9.17) is 4.74 Å². The molecule has 9 nitrogen and oxygen atoms in total. The summed E-state index contributed by atoms with van der Waals surface area (Å²) in [5.41, 5.74) is 1.66. The Morgan fingerprint density at radius 3 is 2.83 bits per heavy atom. The van der Waals surface area contributed by atoms with Gasteiger partial charge >= 0.3 is 0 Å². The van der Waals surface area contributed by atoms with Crippen molar-refractivity contribution in [3.8, 4) is 5.75 Å². The molecule has 2 aliphatic heterocycles. The molecule has 10 heteroatoms. The summed E-state index contributed by atoms with van der Waals surface area (Å²) in [6, 6.07) is 8.96. The standard InChI is InChI=1S/C19H22N6O3S/c1-14-20-21-18-5-6-19(22-25(14)18)23-8-2-9-24(11-10-23)29(26,27)16-3-4-17-15(13-16)7-12-28-17/h3-6,13H,2,7-12H2,1H3. The van der Waals surface area contributed by atoms with Gasteiger partial charge in [0.1, 0.15) is 11.6 Å². The van der Waals surface area contributed by atoms with Crippen LogP contribution >= 0.6 is 0 Å². The molecule has 152 valence electrons. The van der Waals surface area contributed by atoms with Crippen molar-refractivity contribution in [1.29, 1.82) is 0 Å². The third kappa shape index (κ3) is 3.22. The summed E-state index contributed by atoms with van der Waals surface area (Å²) in [5.74, 6) is 2.31. The molecular weight excluding hydrogens is 392 g/mol. The van der Waals surface area contributed by atoms with Gasteiger partial charge in [-0.15, -0.1) is 15.3 Å². The number of rotatable bonds is 3. The lowest BCUT2D eigenvalue weighted by molar-refractivity contribution is 0.356. The molecule has 1 saturated heterocycles. The Balaban J connectivity index is 1.36. The minimum atomic E-state index is -3.54. The van der Waals surface area contributed by atoms with Crippen LogP contribution in [0.15, 0.2) is 35.2 Å². The van der Waals surface area contributed by atoms with Crippen molar-refractivity contribution in [2.75, 3.05) is 37.7 Å². The molecule has 0 spiro atoms. The SMILES string of the molecule is Cc1nnc2ccc(N3CCCN(S(=O)(=O)c4ccc5c(c4)CCO5)CC3)nn12. The maximum Gasteiger partial charge on any atom is 0.243 e. The summed E-state index contributed by atoms with van der Waals surface area (Å²) in [7, 11) is -3.54. The molecule has 1 fully saturated rings. The van der Waals surface area contributed by atoms with Gasteiger partial charge in [0, 0.05) is 32.6 Å². The Hall–Kier alpha value is -2.72. The minimum Gasteiger partial charge on any atom is -0.493 e. The predicted octanol–water partition coefficient (Wildman–Crippen LogP) is 1.27. The summed E-state index contributed by atoms with van der Waals surface area (Å²) >= 11 is 0. The summed E-state index contributed by atoms with van der Waals surface area (Å²) in [6.07, 6.45) is 1.48. The van der Waals surface area contributed by atoms with E-state index in [-0.39, 0.29) is 0 Å². The van der Waals surface area contributed by atoms with Gasteiger partial charge < -0.3 is 9.64 Å². The zero-order valence-electron chi connectivity index (χ0n) is 16.2. The Bertz CT molecular complexity index is 1180. The monoisotopic (exact) mass is 414 g/mol. The Kier molecular flexibility index (Phi) is 4.39. The van der Waals surface area contributed by atoms with Crippen LogP contribution in [0.25, 0.3) is 5.65 Å². The highest BCUT2D eigenvalue weighted by Gasteiger charge is 2.28. The molecule has 0 atom stereocenters. The largest absolute Gasteiger partial charge is 0.493 e. The first-order valence-corrected chi connectivity index (χ1v) is 11.2. The van der Waals surface area contributed by atoms with E-state index in [0.29, 0.717) is 36.8 Å². The first-order valence-electron chi connectivity index (χ1n) is 9.72. The topological polar surface area (TPSA) is 92.9 Å². The van der Waals surface area contributed by atoms with E-state index in [9.17, 15) is 8.42 Å². The third-order valence-electron chi connectivity index (χ3n) is 5.48. The van der Waals surface area contributed by atoms with Gasteiger partial charge in [0.25, 0.3) is 0 Å². The number of aryl methyl sites for hydroxylation is 1. The number of anilines is 1. The van der Waals surface area contributed by atoms with Crippen LogP contribution in [-0.4, -0.2) is 65.3 Å². The second-order valence-electron chi connectivity index (χ2n) is 7.32. The van der Waals surface area contributed by atoms with E-state index in [2.05, 4.69) is 20.2 Å². The van der Waals surface area contributed by atoms with Crippen molar-refractivity contribution < 1.29 is 13.2 Å². The van der Waals surface area contributed by atoms with Crippen LogP contribution in [0.4, 0.5) is 5.82 Å². The molecule has 0 saturated carbocycles. The summed E-state index contributed by atoms with van der Waals surface area (Å²) in [4.78, 5) is 2.46. The quantitative estimate of drug-likeness (QED) is 0.637. The fraction of sp³-hybridized carbons (Fsp3) is 0.421. The van der Waals surface area contributed by atoms with Gasteiger partial charge in [-0.05, 0) is 49.2 Å². The van der Waals surface area contributed by atoms with Crippen LogP contribution in [0, 0.1) is 6.92 Å². The molecule has 0 unspecified atom stereocenters. The van der Waals surface area contributed by atoms with E-state index in [0.717, 1.165) is 42.3 Å². The summed E-state index contributed by atoms with van der Waals surface area (Å²) in [6.45, 7) is 4.68. The molecule has 2 aliphatic rings. The lowest BCUT2D eigenvalue weighted by Crippen LogP contribution is -2.35. The molecule has 0 aliphatic carbocycles. The average Bonchev–Trinajstić information content (AvgIpc) is 3.25. The van der Waals surface area contributed by atoms with Gasteiger partial charge in [-0.25, -0.2) is 8.42 Å². The lowest BCUT2D eigenvalue weighted by Gasteiger charge is -2.22.